The minimum atomic E-state index is -0.0845. The van der Waals surface area contributed by atoms with Crippen LogP contribution in [0, 0.1) is 0 Å². The molecule has 4 heteroatoms. The molecule has 1 N–H and O–H groups in total. The van der Waals surface area contributed by atoms with Crippen molar-refractivity contribution in [3.8, 4) is 0 Å². The van der Waals surface area contributed by atoms with Crippen LogP contribution in [0.2, 0.25) is 0 Å². The van der Waals surface area contributed by atoms with Crippen molar-refractivity contribution in [2.45, 2.75) is 19.9 Å². The summed E-state index contributed by atoms with van der Waals surface area (Å²) in [5.41, 5.74) is 0. The topological polar surface area (TPSA) is 41.6 Å². The van der Waals surface area contributed by atoms with Crippen molar-refractivity contribution < 1.29 is 9.53 Å². The zero-order valence-electron chi connectivity index (χ0n) is 8.38. The van der Waals surface area contributed by atoms with Crippen LogP contribution in [0.1, 0.15) is 13.8 Å². The molecule has 1 aliphatic rings. The lowest BCUT2D eigenvalue weighted by molar-refractivity contribution is -0.132. The molecule has 1 saturated heterocycles. The number of amides is 1. The van der Waals surface area contributed by atoms with Gasteiger partial charge in [-0.3, -0.25) is 9.69 Å². The summed E-state index contributed by atoms with van der Waals surface area (Å²) in [6, 6.07) is -0.0845. The van der Waals surface area contributed by atoms with E-state index in [1.54, 1.807) is 0 Å². The Morgan fingerprint density at radius 2 is 2.38 bits per heavy atom. The van der Waals surface area contributed by atoms with Crippen LogP contribution in [-0.4, -0.2) is 49.7 Å². The highest BCUT2D eigenvalue weighted by atomic mass is 16.5. The Morgan fingerprint density at radius 1 is 1.62 bits per heavy atom. The standard InChI is InChI=1S/C9H18N2O2/c1-3-10-9(12)8-7-13-6-5-11(8)4-2/h8H,3-7H2,1-2H3,(H,10,12). The second kappa shape index (κ2) is 5.19. The van der Waals surface area contributed by atoms with Crippen molar-refractivity contribution in [1.82, 2.24) is 10.2 Å². The van der Waals surface area contributed by atoms with E-state index in [1.165, 1.54) is 0 Å². The fourth-order valence-electron chi connectivity index (χ4n) is 1.55. The molecule has 76 valence electrons. The highest BCUT2D eigenvalue weighted by Gasteiger charge is 2.27. The summed E-state index contributed by atoms with van der Waals surface area (Å²) in [7, 11) is 0. The molecule has 1 rings (SSSR count). The number of ether oxygens (including phenoxy) is 1. The third kappa shape index (κ3) is 2.67. The predicted octanol–water partition coefficient (Wildman–Crippen LogP) is -0.157. The average Bonchev–Trinajstić information content (AvgIpc) is 2.18. The van der Waals surface area contributed by atoms with E-state index in [-0.39, 0.29) is 11.9 Å². The number of hydrogen-bond donors (Lipinski definition) is 1. The van der Waals surface area contributed by atoms with Gasteiger partial charge >= 0.3 is 0 Å². The van der Waals surface area contributed by atoms with Crippen LogP contribution < -0.4 is 5.32 Å². The first kappa shape index (κ1) is 10.5. The van der Waals surface area contributed by atoms with Crippen LogP contribution in [-0.2, 0) is 9.53 Å². The van der Waals surface area contributed by atoms with Crippen molar-refractivity contribution in [3.05, 3.63) is 0 Å². The lowest BCUT2D eigenvalue weighted by atomic mass is 10.2. The van der Waals surface area contributed by atoms with Gasteiger partial charge in [0.05, 0.1) is 13.2 Å². The second-order valence-electron chi connectivity index (χ2n) is 3.11. The van der Waals surface area contributed by atoms with Crippen LogP contribution >= 0.6 is 0 Å². The monoisotopic (exact) mass is 186 g/mol. The van der Waals surface area contributed by atoms with Crippen LogP contribution in [0.5, 0.6) is 0 Å². The van der Waals surface area contributed by atoms with E-state index in [0.29, 0.717) is 13.2 Å². The minimum Gasteiger partial charge on any atom is -0.378 e. The number of nitrogens with zero attached hydrogens (tertiary/aromatic N) is 1. The van der Waals surface area contributed by atoms with Crippen molar-refractivity contribution >= 4 is 5.91 Å². The molecule has 0 aromatic carbocycles. The van der Waals surface area contributed by atoms with Crippen LogP contribution in [0.3, 0.4) is 0 Å². The number of morpholine rings is 1. The summed E-state index contributed by atoms with van der Waals surface area (Å²) in [5.74, 6) is 0.0871. The molecule has 1 heterocycles. The van der Waals surface area contributed by atoms with E-state index in [0.717, 1.165) is 19.7 Å². The molecule has 1 fully saturated rings. The quantitative estimate of drug-likeness (QED) is 0.666. The van der Waals surface area contributed by atoms with Gasteiger partial charge in [0.2, 0.25) is 5.91 Å². The predicted molar refractivity (Wildman–Crippen MR) is 50.5 cm³/mol. The van der Waals surface area contributed by atoms with Gasteiger partial charge in [0.15, 0.2) is 0 Å². The Bertz CT molecular complexity index is 173. The normalized spacial score (nSPS) is 24.3. The summed E-state index contributed by atoms with van der Waals surface area (Å²) in [6.45, 7) is 7.72. The summed E-state index contributed by atoms with van der Waals surface area (Å²) in [6.07, 6.45) is 0. The molecule has 1 atom stereocenters. The molecular formula is C9H18N2O2. The Balaban J connectivity index is 2.48. The van der Waals surface area contributed by atoms with Gasteiger partial charge in [-0.2, -0.15) is 0 Å². The van der Waals surface area contributed by atoms with E-state index in [1.807, 2.05) is 6.92 Å². The van der Waals surface area contributed by atoms with E-state index in [9.17, 15) is 4.79 Å². The van der Waals surface area contributed by atoms with Gasteiger partial charge in [0.25, 0.3) is 0 Å². The van der Waals surface area contributed by atoms with E-state index >= 15 is 0 Å². The Hall–Kier alpha value is -0.610. The number of carbonyl (C=O) groups is 1. The van der Waals surface area contributed by atoms with Gasteiger partial charge in [0.1, 0.15) is 6.04 Å². The molecule has 1 aliphatic heterocycles. The summed E-state index contributed by atoms with van der Waals surface area (Å²) in [5, 5.41) is 2.82. The largest absolute Gasteiger partial charge is 0.378 e. The molecule has 0 spiro atoms. The summed E-state index contributed by atoms with van der Waals surface area (Å²) < 4.78 is 5.28. The fraction of sp³-hybridized carbons (Fsp3) is 0.889. The highest BCUT2D eigenvalue weighted by Crippen LogP contribution is 2.05. The molecule has 0 aromatic rings. The zero-order chi connectivity index (χ0) is 9.68. The number of likely N-dealkylation sites (N-methyl/N-ethyl adjacent to an activating group) is 2. The first-order valence-electron chi connectivity index (χ1n) is 4.89. The molecule has 1 amide bonds. The van der Waals surface area contributed by atoms with Crippen LogP contribution in [0.15, 0.2) is 0 Å². The van der Waals surface area contributed by atoms with E-state index in [2.05, 4.69) is 17.1 Å². The van der Waals surface area contributed by atoms with Crippen molar-refractivity contribution in [2.75, 3.05) is 32.8 Å². The van der Waals surface area contributed by atoms with E-state index < -0.39 is 0 Å². The maximum atomic E-state index is 11.5. The zero-order valence-corrected chi connectivity index (χ0v) is 8.38. The lowest BCUT2D eigenvalue weighted by Crippen LogP contribution is -2.53. The third-order valence-electron chi connectivity index (χ3n) is 2.30. The van der Waals surface area contributed by atoms with Gasteiger partial charge in [-0.25, -0.2) is 0 Å². The molecule has 4 nitrogen and oxygen atoms in total. The number of hydrogen-bond acceptors (Lipinski definition) is 3. The molecular weight excluding hydrogens is 168 g/mol. The first-order valence-corrected chi connectivity index (χ1v) is 4.89. The Kier molecular flexibility index (Phi) is 4.18. The molecule has 0 aliphatic carbocycles. The summed E-state index contributed by atoms with van der Waals surface area (Å²) >= 11 is 0. The third-order valence-corrected chi connectivity index (χ3v) is 2.30. The molecule has 0 bridgehead atoms. The van der Waals surface area contributed by atoms with Crippen molar-refractivity contribution in [2.24, 2.45) is 0 Å². The number of nitrogens with one attached hydrogen (secondary N) is 1. The van der Waals surface area contributed by atoms with Crippen LogP contribution in [0.25, 0.3) is 0 Å². The maximum absolute atomic E-state index is 11.5. The number of carbonyl (C=O) groups excluding carboxylic acids is 1. The van der Waals surface area contributed by atoms with Gasteiger partial charge in [-0.15, -0.1) is 0 Å². The highest BCUT2D eigenvalue weighted by molar-refractivity contribution is 5.81. The Labute approximate surface area is 79.2 Å². The van der Waals surface area contributed by atoms with Gasteiger partial charge in [-0.05, 0) is 13.5 Å². The lowest BCUT2D eigenvalue weighted by Gasteiger charge is -2.33. The van der Waals surface area contributed by atoms with Gasteiger partial charge in [0, 0.05) is 13.1 Å². The van der Waals surface area contributed by atoms with Crippen molar-refractivity contribution in [1.29, 1.82) is 0 Å². The average molecular weight is 186 g/mol. The molecule has 0 saturated carbocycles. The number of rotatable bonds is 3. The molecule has 1 unspecified atom stereocenters. The van der Waals surface area contributed by atoms with Gasteiger partial charge in [-0.1, -0.05) is 6.92 Å². The van der Waals surface area contributed by atoms with Gasteiger partial charge < -0.3 is 10.1 Å². The molecule has 0 aromatic heterocycles. The second-order valence-corrected chi connectivity index (χ2v) is 3.11. The first-order chi connectivity index (χ1) is 6.29. The van der Waals surface area contributed by atoms with Crippen LogP contribution in [0.4, 0.5) is 0 Å². The van der Waals surface area contributed by atoms with Crippen molar-refractivity contribution in [3.63, 3.8) is 0 Å². The molecule has 0 radical (unpaired) electrons. The SMILES string of the molecule is CCNC(=O)C1COCCN1CC. The minimum absolute atomic E-state index is 0.0845. The smallest absolute Gasteiger partial charge is 0.239 e. The Morgan fingerprint density at radius 3 is 3.00 bits per heavy atom. The molecule has 13 heavy (non-hydrogen) atoms. The summed E-state index contributed by atoms with van der Waals surface area (Å²) in [4.78, 5) is 13.7. The van der Waals surface area contributed by atoms with E-state index in [4.69, 9.17) is 4.74 Å². The maximum Gasteiger partial charge on any atom is 0.239 e. The fourth-order valence-corrected chi connectivity index (χ4v) is 1.55.